The Bertz CT molecular complexity index is 574. The van der Waals surface area contributed by atoms with Crippen LogP contribution in [0.1, 0.15) is 30.7 Å². The lowest BCUT2D eigenvalue weighted by Gasteiger charge is -2.18. The van der Waals surface area contributed by atoms with Crippen LogP contribution in [-0.4, -0.2) is 27.5 Å². The molecule has 1 aliphatic rings. The predicted octanol–water partition coefficient (Wildman–Crippen LogP) is 2.11. The molecule has 3 rings (SSSR count). The maximum atomic E-state index is 5.92. The van der Waals surface area contributed by atoms with E-state index in [9.17, 15) is 0 Å². The van der Waals surface area contributed by atoms with Crippen LogP contribution in [0.5, 0.6) is 0 Å². The molecule has 0 spiro atoms. The lowest BCUT2D eigenvalue weighted by molar-refractivity contribution is 0.0903. The SMILES string of the molecule is CCn1cc(C2OCCC2CNCc2cccn2C)cn1. The van der Waals surface area contributed by atoms with Gasteiger partial charge < -0.3 is 14.6 Å². The van der Waals surface area contributed by atoms with Crippen molar-refractivity contribution in [2.24, 2.45) is 13.0 Å². The Labute approximate surface area is 125 Å². The highest BCUT2D eigenvalue weighted by Crippen LogP contribution is 2.33. The van der Waals surface area contributed by atoms with E-state index in [0.717, 1.165) is 32.7 Å². The molecular weight excluding hydrogens is 264 g/mol. The Balaban J connectivity index is 1.55. The van der Waals surface area contributed by atoms with Crippen molar-refractivity contribution in [2.75, 3.05) is 13.2 Å². The van der Waals surface area contributed by atoms with Gasteiger partial charge in [-0.2, -0.15) is 5.10 Å². The van der Waals surface area contributed by atoms with E-state index in [1.807, 2.05) is 10.9 Å². The average Bonchev–Trinajstić information content (AvgIpc) is 3.20. The fraction of sp³-hybridized carbons (Fsp3) is 0.562. The van der Waals surface area contributed by atoms with E-state index in [4.69, 9.17) is 4.74 Å². The number of aromatic nitrogens is 3. The van der Waals surface area contributed by atoms with E-state index in [2.05, 4.69) is 53.5 Å². The highest BCUT2D eigenvalue weighted by molar-refractivity contribution is 5.11. The summed E-state index contributed by atoms with van der Waals surface area (Å²) in [6.07, 6.45) is 7.44. The normalized spacial score (nSPS) is 22.0. The monoisotopic (exact) mass is 288 g/mol. The third-order valence-electron chi connectivity index (χ3n) is 4.28. The minimum atomic E-state index is 0.186. The van der Waals surface area contributed by atoms with Crippen molar-refractivity contribution < 1.29 is 4.74 Å². The van der Waals surface area contributed by atoms with Crippen molar-refractivity contribution in [3.63, 3.8) is 0 Å². The van der Waals surface area contributed by atoms with Gasteiger partial charge in [-0.3, -0.25) is 4.68 Å². The van der Waals surface area contributed by atoms with E-state index >= 15 is 0 Å². The van der Waals surface area contributed by atoms with Crippen LogP contribution in [0.3, 0.4) is 0 Å². The molecule has 5 heteroatoms. The molecule has 0 radical (unpaired) electrons. The number of ether oxygens (including phenoxy) is 1. The quantitative estimate of drug-likeness (QED) is 0.885. The molecule has 2 aromatic heterocycles. The maximum absolute atomic E-state index is 5.92. The molecule has 1 saturated heterocycles. The first-order chi connectivity index (χ1) is 10.3. The highest BCUT2D eigenvalue weighted by Gasteiger charge is 2.30. The van der Waals surface area contributed by atoms with Gasteiger partial charge in [0.05, 0.1) is 12.3 Å². The van der Waals surface area contributed by atoms with Crippen molar-refractivity contribution in [1.29, 1.82) is 0 Å². The van der Waals surface area contributed by atoms with Crippen molar-refractivity contribution >= 4 is 0 Å². The molecule has 1 fully saturated rings. The van der Waals surface area contributed by atoms with Crippen molar-refractivity contribution in [1.82, 2.24) is 19.7 Å². The molecule has 2 atom stereocenters. The summed E-state index contributed by atoms with van der Waals surface area (Å²) >= 11 is 0. The first-order valence-corrected chi connectivity index (χ1v) is 7.72. The average molecular weight is 288 g/mol. The van der Waals surface area contributed by atoms with Crippen LogP contribution >= 0.6 is 0 Å². The maximum Gasteiger partial charge on any atom is 0.0896 e. The molecule has 5 nitrogen and oxygen atoms in total. The first kappa shape index (κ1) is 14.4. The Morgan fingerprint density at radius 3 is 3.10 bits per heavy atom. The second-order valence-electron chi connectivity index (χ2n) is 5.71. The summed E-state index contributed by atoms with van der Waals surface area (Å²) in [5.74, 6) is 0.528. The second-order valence-corrected chi connectivity index (χ2v) is 5.71. The molecule has 2 unspecified atom stereocenters. The summed E-state index contributed by atoms with van der Waals surface area (Å²) < 4.78 is 10.0. The van der Waals surface area contributed by atoms with E-state index in [-0.39, 0.29) is 6.10 Å². The van der Waals surface area contributed by atoms with Gasteiger partial charge in [0.15, 0.2) is 0 Å². The number of rotatable bonds is 6. The van der Waals surface area contributed by atoms with Crippen LogP contribution in [0.2, 0.25) is 0 Å². The Morgan fingerprint density at radius 2 is 2.38 bits per heavy atom. The highest BCUT2D eigenvalue weighted by atomic mass is 16.5. The molecule has 0 aliphatic carbocycles. The molecule has 3 heterocycles. The lowest BCUT2D eigenvalue weighted by Crippen LogP contribution is -2.25. The summed E-state index contributed by atoms with van der Waals surface area (Å²) in [4.78, 5) is 0. The van der Waals surface area contributed by atoms with Crippen LogP contribution in [0.25, 0.3) is 0 Å². The van der Waals surface area contributed by atoms with Crippen molar-refractivity contribution in [3.05, 3.63) is 42.0 Å². The minimum Gasteiger partial charge on any atom is -0.373 e. The van der Waals surface area contributed by atoms with E-state index in [1.54, 1.807) is 0 Å². The standard InChI is InChI=1S/C16H24N4O/c1-3-20-12-14(10-18-20)16-13(6-8-21-16)9-17-11-15-5-4-7-19(15)2/h4-5,7,10,12-13,16-17H,3,6,8-9,11H2,1-2H3. The molecule has 0 bridgehead atoms. The van der Waals surface area contributed by atoms with Crippen LogP contribution < -0.4 is 5.32 Å². The van der Waals surface area contributed by atoms with Gasteiger partial charge in [-0.15, -0.1) is 0 Å². The van der Waals surface area contributed by atoms with Crippen molar-refractivity contribution in [3.8, 4) is 0 Å². The molecule has 114 valence electrons. The lowest BCUT2D eigenvalue weighted by atomic mass is 9.97. The van der Waals surface area contributed by atoms with Crippen LogP contribution in [0.15, 0.2) is 30.7 Å². The van der Waals surface area contributed by atoms with Crippen LogP contribution in [0, 0.1) is 5.92 Å². The number of hydrogen-bond donors (Lipinski definition) is 1. The van der Waals surface area contributed by atoms with Crippen LogP contribution in [-0.2, 0) is 24.9 Å². The predicted molar refractivity (Wildman–Crippen MR) is 81.8 cm³/mol. The molecule has 21 heavy (non-hydrogen) atoms. The molecular formula is C16H24N4O. The van der Waals surface area contributed by atoms with Gasteiger partial charge in [-0.25, -0.2) is 0 Å². The van der Waals surface area contributed by atoms with E-state index in [0.29, 0.717) is 5.92 Å². The zero-order valence-corrected chi connectivity index (χ0v) is 12.8. The smallest absolute Gasteiger partial charge is 0.0896 e. The van der Waals surface area contributed by atoms with Crippen LogP contribution in [0.4, 0.5) is 0 Å². The summed E-state index contributed by atoms with van der Waals surface area (Å²) in [6.45, 7) is 5.74. The second kappa shape index (κ2) is 6.45. The summed E-state index contributed by atoms with van der Waals surface area (Å²) in [6, 6.07) is 4.23. The summed E-state index contributed by atoms with van der Waals surface area (Å²) in [5, 5.41) is 7.92. The largest absolute Gasteiger partial charge is 0.373 e. The van der Waals surface area contributed by atoms with Gasteiger partial charge in [-0.05, 0) is 25.5 Å². The summed E-state index contributed by atoms with van der Waals surface area (Å²) in [7, 11) is 2.08. The van der Waals surface area contributed by atoms with Gasteiger partial charge >= 0.3 is 0 Å². The minimum absolute atomic E-state index is 0.186. The number of aryl methyl sites for hydroxylation is 2. The van der Waals surface area contributed by atoms with Gasteiger partial charge in [-0.1, -0.05) is 0 Å². The number of nitrogens with zero attached hydrogens (tertiary/aromatic N) is 3. The number of hydrogen-bond acceptors (Lipinski definition) is 3. The zero-order chi connectivity index (χ0) is 14.7. The number of nitrogens with one attached hydrogen (secondary N) is 1. The fourth-order valence-electron chi connectivity index (χ4n) is 2.98. The Hall–Kier alpha value is -1.59. The molecule has 1 N–H and O–H groups in total. The fourth-order valence-corrected chi connectivity index (χ4v) is 2.98. The Kier molecular flexibility index (Phi) is 4.41. The van der Waals surface area contributed by atoms with Gasteiger partial charge in [0, 0.05) is 62.9 Å². The molecule has 0 amide bonds. The zero-order valence-electron chi connectivity index (χ0n) is 12.8. The topological polar surface area (TPSA) is 44.0 Å². The van der Waals surface area contributed by atoms with Gasteiger partial charge in [0.2, 0.25) is 0 Å². The molecule has 0 saturated carbocycles. The molecule has 2 aromatic rings. The first-order valence-electron chi connectivity index (χ1n) is 7.72. The van der Waals surface area contributed by atoms with Gasteiger partial charge in [0.1, 0.15) is 0 Å². The third-order valence-corrected chi connectivity index (χ3v) is 4.28. The Morgan fingerprint density at radius 1 is 1.48 bits per heavy atom. The molecule has 0 aromatic carbocycles. The third kappa shape index (κ3) is 3.19. The molecule has 1 aliphatic heterocycles. The van der Waals surface area contributed by atoms with Gasteiger partial charge in [0.25, 0.3) is 0 Å². The van der Waals surface area contributed by atoms with Crippen molar-refractivity contribution in [2.45, 2.75) is 32.5 Å². The van der Waals surface area contributed by atoms with E-state index in [1.165, 1.54) is 11.3 Å². The van der Waals surface area contributed by atoms with E-state index < -0.39 is 0 Å². The summed E-state index contributed by atoms with van der Waals surface area (Å²) in [5.41, 5.74) is 2.52.